The topological polar surface area (TPSA) is 103 Å². The van der Waals surface area contributed by atoms with Crippen LogP contribution in [0.1, 0.15) is 68.3 Å². The van der Waals surface area contributed by atoms with Crippen LogP contribution in [0.15, 0.2) is 78.9 Å². The minimum Gasteiger partial charge on any atom is -0.493 e. The number of aliphatic hydroxyl groups excluding tert-OH is 1. The summed E-state index contributed by atoms with van der Waals surface area (Å²) in [5, 5.41) is 11.0. The third kappa shape index (κ3) is 8.86. The molecule has 0 saturated carbocycles. The van der Waals surface area contributed by atoms with Gasteiger partial charge in [-0.05, 0) is 96.5 Å². The second kappa shape index (κ2) is 17.7. The van der Waals surface area contributed by atoms with Gasteiger partial charge in [-0.25, -0.2) is 0 Å². The van der Waals surface area contributed by atoms with Crippen molar-refractivity contribution in [1.29, 1.82) is 0 Å². The van der Waals surface area contributed by atoms with Crippen molar-refractivity contribution in [3.63, 3.8) is 0 Å². The minimum absolute atomic E-state index is 0.120. The molecule has 0 amide bonds. The molecule has 1 N–H and O–H groups in total. The summed E-state index contributed by atoms with van der Waals surface area (Å²) in [5.41, 5.74) is 3.79. The highest BCUT2D eigenvalue weighted by Gasteiger charge is 2.41. The van der Waals surface area contributed by atoms with E-state index in [0.717, 1.165) is 16.7 Å². The predicted octanol–water partition coefficient (Wildman–Crippen LogP) is 8.30. The zero-order valence-electron chi connectivity index (χ0n) is 31.6. The van der Waals surface area contributed by atoms with Crippen molar-refractivity contribution < 1.29 is 47.7 Å². The van der Waals surface area contributed by atoms with Gasteiger partial charge >= 0.3 is 0 Å². The molecule has 4 aromatic carbocycles. The number of ether oxygens (including phenoxy) is 9. The second-order valence-corrected chi connectivity index (χ2v) is 13.2. The predicted molar refractivity (Wildman–Crippen MR) is 198 cm³/mol. The van der Waals surface area contributed by atoms with E-state index in [2.05, 4.69) is 19.9 Å². The minimum atomic E-state index is -0.866. The smallest absolute Gasteiger partial charge is 0.188 e. The van der Waals surface area contributed by atoms with Gasteiger partial charge in [-0.2, -0.15) is 0 Å². The molecule has 10 heteroatoms. The second-order valence-electron chi connectivity index (χ2n) is 13.2. The number of rotatable bonds is 17. The van der Waals surface area contributed by atoms with Gasteiger partial charge in [0, 0.05) is 13.5 Å². The monoisotopic (exact) mass is 716 g/mol. The van der Waals surface area contributed by atoms with Crippen molar-refractivity contribution in [2.24, 2.45) is 11.8 Å². The quantitative estimate of drug-likeness (QED) is 0.107. The molecule has 7 unspecified atom stereocenters. The summed E-state index contributed by atoms with van der Waals surface area (Å²) in [7, 11) is 8.09. The number of aliphatic hydroxyl groups is 1. The number of hydrogen-bond acceptors (Lipinski definition) is 10. The maximum Gasteiger partial charge on any atom is 0.188 e. The molecule has 7 atom stereocenters. The molecular weight excluding hydrogens is 664 g/mol. The van der Waals surface area contributed by atoms with E-state index >= 15 is 0 Å². The van der Waals surface area contributed by atoms with E-state index in [9.17, 15) is 5.11 Å². The molecule has 1 aliphatic heterocycles. The molecule has 1 heterocycles. The maximum atomic E-state index is 11.0. The molecule has 5 rings (SSSR count). The van der Waals surface area contributed by atoms with Crippen LogP contribution in [0.5, 0.6) is 40.2 Å². The van der Waals surface area contributed by atoms with E-state index in [1.54, 1.807) is 47.7 Å². The molecule has 1 aliphatic rings. The van der Waals surface area contributed by atoms with Crippen LogP contribution in [0.2, 0.25) is 0 Å². The molecule has 280 valence electrons. The lowest BCUT2D eigenvalue weighted by Gasteiger charge is -2.23. The van der Waals surface area contributed by atoms with E-state index in [4.69, 9.17) is 42.6 Å². The van der Waals surface area contributed by atoms with Crippen LogP contribution in [0.3, 0.4) is 0 Å². The Hall–Kier alpha value is -4.64. The fourth-order valence-corrected chi connectivity index (χ4v) is 6.66. The average Bonchev–Trinajstić information content (AvgIpc) is 3.46. The van der Waals surface area contributed by atoms with Gasteiger partial charge in [0.2, 0.25) is 0 Å². The molecule has 10 nitrogen and oxygen atoms in total. The maximum absolute atomic E-state index is 11.0. The molecule has 0 aromatic heterocycles. The first-order valence-electron chi connectivity index (χ1n) is 17.6. The molecule has 0 spiro atoms. The number of benzene rings is 4. The Morgan fingerprint density at radius 3 is 1.67 bits per heavy atom. The summed E-state index contributed by atoms with van der Waals surface area (Å²) in [6, 6.07) is 25.0. The van der Waals surface area contributed by atoms with Crippen LogP contribution in [0.4, 0.5) is 0 Å². The van der Waals surface area contributed by atoms with Crippen LogP contribution >= 0.6 is 0 Å². The van der Waals surface area contributed by atoms with Crippen molar-refractivity contribution in [2.75, 3.05) is 42.3 Å². The van der Waals surface area contributed by atoms with Gasteiger partial charge in [0.05, 0.1) is 40.6 Å². The summed E-state index contributed by atoms with van der Waals surface area (Å²) in [4.78, 5) is 0. The van der Waals surface area contributed by atoms with E-state index in [-0.39, 0.29) is 36.9 Å². The van der Waals surface area contributed by atoms with Gasteiger partial charge in [0.25, 0.3) is 0 Å². The first-order chi connectivity index (χ1) is 25.1. The van der Waals surface area contributed by atoms with Gasteiger partial charge in [0.1, 0.15) is 24.1 Å². The van der Waals surface area contributed by atoms with Crippen LogP contribution in [-0.4, -0.2) is 59.7 Å². The molecule has 52 heavy (non-hydrogen) atoms. The average molecular weight is 717 g/mol. The molecule has 1 fully saturated rings. The lowest BCUT2D eigenvalue weighted by Crippen LogP contribution is -2.22. The Morgan fingerprint density at radius 2 is 1.13 bits per heavy atom. The highest BCUT2D eigenvalue weighted by molar-refractivity contribution is 5.47. The Balaban J connectivity index is 1.25. The summed E-state index contributed by atoms with van der Waals surface area (Å²) >= 11 is 0. The Bertz CT molecular complexity index is 1740. The lowest BCUT2D eigenvalue weighted by atomic mass is 9.85. The SMILES string of the molecule is COCOc1ccc(C(O)C(C)Oc2ccc(C3OC(c4ccc(OC(C)Cc5ccc(OC)c(OC)c5)c(OC)c4)C(C)C3C)cc2OC)cc1. The molecular formula is C42H52O10. The fourth-order valence-electron chi connectivity index (χ4n) is 6.66. The summed E-state index contributed by atoms with van der Waals surface area (Å²) < 4.78 is 52.2. The van der Waals surface area contributed by atoms with Crippen molar-refractivity contribution in [1.82, 2.24) is 0 Å². The fraction of sp³-hybridized carbons (Fsp3) is 0.429. The van der Waals surface area contributed by atoms with Crippen LogP contribution < -0.4 is 33.2 Å². The third-order valence-electron chi connectivity index (χ3n) is 9.73. The van der Waals surface area contributed by atoms with Crippen LogP contribution in [-0.2, 0) is 15.9 Å². The highest BCUT2D eigenvalue weighted by atomic mass is 16.7. The Labute approximate surface area is 307 Å². The Morgan fingerprint density at radius 1 is 0.615 bits per heavy atom. The van der Waals surface area contributed by atoms with E-state index in [1.807, 2.05) is 74.5 Å². The third-order valence-corrected chi connectivity index (χ3v) is 9.73. The van der Waals surface area contributed by atoms with E-state index < -0.39 is 12.2 Å². The van der Waals surface area contributed by atoms with E-state index in [0.29, 0.717) is 52.2 Å². The molecule has 0 radical (unpaired) electrons. The van der Waals surface area contributed by atoms with Crippen LogP contribution in [0, 0.1) is 11.8 Å². The summed E-state index contributed by atoms with van der Waals surface area (Å²) in [6.45, 7) is 8.44. The molecule has 1 saturated heterocycles. The zero-order valence-corrected chi connectivity index (χ0v) is 31.6. The zero-order chi connectivity index (χ0) is 37.4. The number of methoxy groups -OCH3 is 5. The summed E-state index contributed by atoms with van der Waals surface area (Å²) in [6.07, 6.45) is -1.18. The van der Waals surface area contributed by atoms with E-state index in [1.165, 1.54) is 0 Å². The van der Waals surface area contributed by atoms with Gasteiger partial charge in [-0.15, -0.1) is 0 Å². The first kappa shape index (κ1) is 38.6. The molecule has 4 aromatic rings. The van der Waals surface area contributed by atoms with Crippen molar-refractivity contribution in [3.8, 4) is 40.2 Å². The highest BCUT2D eigenvalue weighted by Crippen LogP contribution is 2.51. The Kier molecular flexibility index (Phi) is 13.2. The van der Waals surface area contributed by atoms with Crippen LogP contribution in [0.25, 0.3) is 0 Å². The lowest BCUT2D eigenvalue weighted by molar-refractivity contribution is 0.0284. The number of hydrogen-bond donors (Lipinski definition) is 1. The standard InChI is InChI=1S/C42H52O10/c1-25(20-29-10-17-34(45-6)37(21-29)46-7)50-35-18-13-31(22-38(35)47-8)41-26(2)27(3)42(52-41)32-14-19-36(39(23-32)48-9)51-28(4)40(43)30-11-15-33(16-12-30)49-24-44-5/h10-19,21-23,25-28,40-43H,20,24H2,1-9H3. The van der Waals surface area contributed by atoms with Crippen molar-refractivity contribution >= 4 is 0 Å². The van der Waals surface area contributed by atoms with Crippen molar-refractivity contribution in [3.05, 3.63) is 101 Å². The molecule has 0 bridgehead atoms. The summed E-state index contributed by atoms with van der Waals surface area (Å²) in [5.74, 6) is 4.88. The first-order valence-corrected chi connectivity index (χ1v) is 17.6. The van der Waals surface area contributed by atoms with Gasteiger partial charge in [-0.1, -0.05) is 44.2 Å². The van der Waals surface area contributed by atoms with Gasteiger partial charge in [-0.3, -0.25) is 0 Å². The van der Waals surface area contributed by atoms with Gasteiger partial charge < -0.3 is 47.7 Å². The largest absolute Gasteiger partial charge is 0.493 e. The normalized spacial score (nSPS) is 20.0. The van der Waals surface area contributed by atoms with Crippen molar-refractivity contribution in [2.45, 2.75) is 64.6 Å². The molecule has 0 aliphatic carbocycles. The van der Waals surface area contributed by atoms with Gasteiger partial charge in [0.15, 0.2) is 41.3 Å².